The first kappa shape index (κ1) is 11.1. The van der Waals surface area contributed by atoms with Crippen molar-refractivity contribution in [2.24, 2.45) is 5.73 Å². The Morgan fingerprint density at radius 2 is 1.81 bits per heavy atom. The zero-order chi connectivity index (χ0) is 11.5. The van der Waals surface area contributed by atoms with Crippen LogP contribution in [0, 0.1) is 0 Å². The third kappa shape index (κ3) is 2.09. The number of rotatable bonds is 3. The van der Waals surface area contributed by atoms with Gasteiger partial charge >= 0.3 is 0 Å². The van der Waals surface area contributed by atoms with Gasteiger partial charge in [0.2, 0.25) is 0 Å². The van der Waals surface area contributed by atoms with Crippen LogP contribution in [-0.4, -0.2) is 19.8 Å². The molecule has 16 heavy (non-hydrogen) atoms. The summed E-state index contributed by atoms with van der Waals surface area (Å²) in [7, 11) is 0. The molecule has 88 valence electrons. The molecule has 0 radical (unpaired) electrons. The number of halogens is 2. The maximum Gasteiger partial charge on any atom is 0.264 e. The molecule has 0 aromatic heterocycles. The number of hydrogen-bond acceptors (Lipinski definition) is 3. The first-order valence-corrected chi connectivity index (χ1v) is 5.13. The van der Waals surface area contributed by atoms with E-state index in [1.807, 2.05) is 0 Å². The SMILES string of the molecule is NCCc1cc2c(cc1C(F)F)OCCO2. The van der Waals surface area contributed by atoms with E-state index < -0.39 is 6.43 Å². The predicted octanol–water partition coefficient (Wildman–Crippen LogP) is 1.90. The molecule has 2 rings (SSSR count). The second-order valence-corrected chi connectivity index (χ2v) is 3.53. The van der Waals surface area contributed by atoms with Crippen LogP contribution in [0.25, 0.3) is 0 Å². The zero-order valence-electron chi connectivity index (χ0n) is 8.71. The smallest absolute Gasteiger partial charge is 0.264 e. The van der Waals surface area contributed by atoms with E-state index in [-0.39, 0.29) is 5.56 Å². The third-order valence-corrected chi connectivity index (χ3v) is 2.45. The van der Waals surface area contributed by atoms with E-state index in [1.165, 1.54) is 6.07 Å². The lowest BCUT2D eigenvalue weighted by atomic mass is 10.0. The van der Waals surface area contributed by atoms with Gasteiger partial charge in [-0.2, -0.15) is 0 Å². The van der Waals surface area contributed by atoms with Crippen LogP contribution in [0.3, 0.4) is 0 Å². The molecule has 0 saturated carbocycles. The second kappa shape index (κ2) is 4.65. The fourth-order valence-corrected chi connectivity index (χ4v) is 1.72. The minimum atomic E-state index is -2.52. The van der Waals surface area contributed by atoms with Crippen LogP contribution < -0.4 is 15.2 Å². The molecular formula is C11H13F2NO2. The number of benzene rings is 1. The molecule has 1 aliphatic heterocycles. The van der Waals surface area contributed by atoms with Crippen molar-refractivity contribution in [1.29, 1.82) is 0 Å². The summed E-state index contributed by atoms with van der Waals surface area (Å²) >= 11 is 0. The van der Waals surface area contributed by atoms with E-state index in [9.17, 15) is 8.78 Å². The van der Waals surface area contributed by atoms with Gasteiger partial charge < -0.3 is 15.2 Å². The second-order valence-electron chi connectivity index (χ2n) is 3.53. The molecule has 0 amide bonds. The Hall–Kier alpha value is -1.36. The molecule has 0 saturated heterocycles. The number of ether oxygens (including phenoxy) is 2. The van der Waals surface area contributed by atoms with E-state index in [1.54, 1.807) is 6.07 Å². The highest BCUT2D eigenvalue weighted by Crippen LogP contribution is 2.36. The van der Waals surface area contributed by atoms with Gasteiger partial charge in [0.1, 0.15) is 13.2 Å². The lowest BCUT2D eigenvalue weighted by Gasteiger charge is -2.21. The molecule has 0 fully saturated rings. The molecule has 1 heterocycles. The molecule has 2 N–H and O–H groups in total. The van der Waals surface area contributed by atoms with Gasteiger partial charge in [-0.05, 0) is 30.7 Å². The highest BCUT2D eigenvalue weighted by molar-refractivity contribution is 5.48. The molecule has 5 heteroatoms. The van der Waals surface area contributed by atoms with Gasteiger partial charge in [-0.1, -0.05) is 0 Å². The summed E-state index contributed by atoms with van der Waals surface area (Å²) < 4.78 is 36.2. The summed E-state index contributed by atoms with van der Waals surface area (Å²) in [6, 6.07) is 2.95. The van der Waals surface area contributed by atoms with Crippen LogP contribution in [0.2, 0.25) is 0 Å². The molecule has 1 aliphatic rings. The largest absolute Gasteiger partial charge is 0.486 e. The minimum absolute atomic E-state index is 0.0188. The average molecular weight is 229 g/mol. The lowest BCUT2D eigenvalue weighted by Crippen LogP contribution is -2.16. The summed E-state index contributed by atoms with van der Waals surface area (Å²) in [4.78, 5) is 0. The van der Waals surface area contributed by atoms with Crippen molar-refractivity contribution in [3.05, 3.63) is 23.3 Å². The van der Waals surface area contributed by atoms with Crippen LogP contribution in [-0.2, 0) is 6.42 Å². The fourth-order valence-electron chi connectivity index (χ4n) is 1.72. The molecule has 0 spiro atoms. The molecule has 0 atom stereocenters. The van der Waals surface area contributed by atoms with Crippen molar-refractivity contribution >= 4 is 0 Å². The van der Waals surface area contributed by atoms with Gasteiger partial charge in [-0.15, -0.1) is 0 Å². The number of alkyl halides is 2. The zero-order valence-corrected chi connectivity index (χ0v) is 8.71. The van der Waals surface area contributed by atoms with Crippen LogP contribution in [0.5, 0.6) is 11.5 Å². The molecule has 0 unspecified atom stereocenters. The highest BCUT2D eigenvalue weighted by Gasteiger charge is 2.19. The monoisotopic (exact) mass is 229 g/mol. The molecule has 1 aromatic rings. The summed E-state index contributed by atoms with van der Waals surface area (Å²) in [6.07, 6.45) is -2.10. The average Bonchev–Trinajstić information content (AvgIpc) is 2.28. The first-order chi connectivity index (χ1) is 7.72. The Morgan fingerprint density at radius 1 is 1.19 bits per heavy atom. The molecule has 0 aliphatic carbocycles. The summed E-state index contributed by atoms with van der Waals surface area (Å²) in [5, 5.41) is 0. The van der Waals surface area contributed by atoms with Crippen molar-refractivity contribution < 1.29 is 18.3 Å². The van der Waals surface area contributed by atoms with Gasteiger partial charge in [-0.3, -0.25) is 0 Å². The Bertz CT molecular complexity index is 382. The van der Waals surface area contributed by atoms with Crippen molar-refractivity contribution in [3.8, 4) is 11.5 Å². The molecule has 1 aromatic carbocycles. The Balaban J connectivity index is 2.41. The lowest BCUT2D eigenvalue weighted by molar-refractivity contribution is 0.145. The topological polar surface area (TPSA) is 44.5 Å². The van der Waals surface area contributed by atoms with Crippen molar-refractivity contribution in [3.63, 3.8) is 0 Å². The van der Waals surface area contributed by atoms with E-state index in [0.29, 0.717) is 43.2 Å². The Kier molecular flexibility index (Phi) is 3.24. The van der Waals surface area contributed by atoms with Crippen LogP contribution in [0.4, 0.5) is 8.78 Å². The van der Waals surface area contributed by atoms with Gasteiger partial charge in [0, 0.05) is 5.56 Å². The fraction of sp³-hybridized carbons (Fsp3) is 0.455. The van der Waals surface area contributed by atoms with E-state index in [0.717, 1.165) is 0 Å². The Labute approximate surface area is 92.1 Å². The summed E-state index contributed by atoms with van der Waals surface area (Å²) in [5.74, 6) is 0.918. The van der Waals surface area contributed by atoms with Crippen LogP contribution >= 0.6 is 0 Å². The van der Waals surface area contributed by atoms with Gasteiger partial charge in [-0.25, -0.2) is 8.78 Å². The van der Waals surface area contributed by atoms with Crippen molar-refractivity contribution in [1.82, 2.24) is 0 Å². The highest BCUT2D eigenvalue weighted by atomic mass is 19.3. The van der Waals surface area contributed by atoms with Gasteiger partial charge in [0.05, 0.1) is 0 Å². The van der Waals surface area contributed by atoms with Crippen molar-refractivity contribution in [2.45, 2.75) is 12.8 Å². The Morgan fingerprint density at radius 3 is 2.38 bits per heavy atom. The third-order valence-electron chi connectivity index (χ3n) is 2.45. The summed E-state index contributed by atoms with van der Waals surface area (Å²) in [6.45, 7) is 1.17. The van der Waals surface area contributed by atoms with Crippen LogP contribution in [0.1, 0.15) is 17.6 Å². The molecular weight excluding hydrogens is 216 g/mol. The maximum absolute atomic E-state index is 12.8. The minimum Gasteiger partial charge on any atom is -0.486 e. The number of hydrogen-bond donors (Lipinski definition) is 1. The number of fused-ring (bicyclic) bond motifs is 1. The van der Waals surface area contributed by atoms with Crippen molar-refractivity contribution in [2.75, 3.05) is 19.8 Å². The van der Waals surface area contributed by atoms with Gasteiger partial charge in [0.15, 0.2) is 11.5 Å². The van der Waals surface area contributed by atoms with E-state index >= 15 is 0 Å². The first-order valence-electron chi connectivity index (χ1n) is 5.13. The van der Waals surface area contributed by atoms with Gasteiger partial charge in [0.25, 0.3) is 6.43 Å². The van der Waals surface area contributed by atoms with E-state index in [2.05, 4.69) is 0 Å². The predicted molar refractivity (Wildman–Crippen MR) is 55.1 cm³/mol. The molecule has 0 bridgehead atoms. The standard InChI is InChI=1S/C11H13F2NO2/c12-11(13)8-6-10-9(15-3-4-16-10)5-7(8)1-2-14/h5-6,11H,1-4,14H2. The van der Waals surface area contributed by atoms with E-state index in [4.69, 9.17) is 15.2 Å². The summed E-state index contributed by atoms with van der Waals surface area (Å²) in [5.41, 5.74) is 5.90. The normalized spacial score (nSPS) is 14.2. The molecule has 3 nitrogen and oxygen atoms in total. The maximum atomic E-state index is 12.8. The number of nitrogens with two attached hydrogens (primary N) is 1. The quantitative estimate of drug-likeness (QED) is 0.860. The van der Waals surface area contributed by atoms with Crippen LogP contribution in [0.15, 0.2) is 12.1 Å².